The van der Waals surface area contributed by atoms with E-state index in [1.54, 1.807) is 12.4 Å². The van der Waals surface area contributed by atoms with Gasteiger partial charge in [-0.05, 0) is 75.4 Å². The molecule has 1 saturated carbocycles. The maximum atomic E-state index is 13.4. The Morgan fingerprint density at radius 3 is 2.50 bits per heavy atom. The smallest absolute Gasteiger partial charge is 0.235 e. The fourth-order valence-corrected chi connectivity index (χ4v) is 7.64. The van der Waals surface area contributed by atoms with E-state index in [-0.39, 0.29) is 11.3 Å². The SMILES string of the molecule is Cc1ccc2c(Oc3ncccc3-c3ccnc(N[C@H]4CCCNC4)n3)c(C)ccc2c1NS(=O)(=O)C1CCCCC1. The summed E-state index contributed by atoms with van der Waals surface area (Å²) in [6.45, 7) is 5.83. The van der Waals surface area contributed by atoms with Gasteiger partial charge in [0.2, 0.25) is 21.9 Å². The lowest BCUT2D eigenvalue weighted by molar-refractivity contribution is 0.466. The Labute approximate surface area is 247 Å². The number of pyridine rings is 1. The van der Waals surface area contributed by atoms with Crippen LogP contribution in [-0.4, -0.2) is 47.8 Å². The molecule has 10 heteroatoms. The number of sulfonamides is 1. The second kappa shape index (κ2) is 12.2. The maximum Gasteiger partial charge on any atom is 0.235 e. The Kier molecular flexibility index (Phi) is 8.26. The van der Waals surface area contributed by atoms with E-state index >= 15 is 0 Å². The van der Waals surface area contributed by atoms with Crippen molar-refractivity contribution >= 4 is 32.4 Å². The minimum absolute atomic E-state index is 0.283. The van der Waals surface area contributed by atoms with Crippen LogP contribution in [0.1, 0.15) is 56.1 Å². The third-order valence-corrected chi connectivity index (χ3v) is 10.2. The molecule has 1 aliphatic heterocycles. The van der Waals surface area contributed by atoms with E-state index in [0.29, 0.717) is 41.8 Å². The third kappa shape index (κ3) is 6.05. The summed E-state index contributed by atoms with van der Waals surface area (Å²) in [6.07, 6.45) is 10.0. The average molecular weight is 587 g/mol. The normalized spacial score (nSPS) is 18.1. The number of hydrogen-bond acceptors (Lipinski definition) is 8. The molecule has 3 heterocycles. The molecule has 0 spiro atoms. The predicted molar refractivity (Wildman–Crippen MR) is 168 cm³/mol. The van der Waals surface area contributed by atoms with Crippen LogP contribution >= 0.6 is 0 Å². The summed E-state index contributed by atoms with van der Waals surface area (Å²) in [4.78, 5) is 13.8. The zero-order chi connectivity index (χ0) is 29.1. The number of nitrogens with zero attached hydrogens (tertiary/aromatic N) is 3. The van der Waals surface area contributed by atoms with Gasteiger partial charge in [-0.3, -0.25) is 4.72 Å². The molecular formula is C32H38N6O3S. The zero-order valence-corrected chi connectivity index (χ0v) is 25.0. The Balaban J connectivity index is 1.33. The van der Waals surface area contributed by atoms with Crippen molar-refractivity contribution in [2.24, 2.45) is 0 Å². The molecule has 42 heavy (non-hydrogen) atoms. The van der Waals surface area contributed by atoms with Gasteiger partial charge in [0.15, 0.2) is 0 Å². The van der Waals surface area contributed by atoms with Gasteiger partial charge in [0.05, 0.1) is 22.2 Å². The summed E-state index contributed by atoms with van der Waals surface area (Å²) in [5, 5.41) is 8.10. The summed E-state index contributed by atoms with van der Waals surface area (Å²) < 4.78 is 36.3. The Morgan fingerprint density at radius 2 is 1.69 bits per heavy atom. The highest BCUT2D eigenvalue weighted by Crippen LogP contribution is 2.40. The number of benzene rings is 2. The van der Waals surface area contributed by atoms with E-state index in [9.17, 15) is 8.42 Å². The molecule has 4 aromatic rings. The van der Waals surface area contributed by atoms with Gasteiger partial charge >= 0.3 is 0 Å². The van der Waals surface area contributed by atoms with E-state index < -0.39 is 10.0 Å². The van der Waals surface area contributed by atoms with Crippen LogP contribution in [-0.2, 0) is 10.0 Å². The minimum Gasteiger partial charge on any atom is -0.437 e. The van der Waals surface area contributed by atoms with Gasteiger partial charge in [-0.15, -0.1) is 0 Å². The van der Waals surface area contributed by atoms with Crippen LogP contribution in [0.15, 0.2) is 54.9 Å². The van der Waals surface area contributed by atoms with E-state index in [1.807, 2.05) is 56.3 Å². The van der Waals surface area contributed by atoms with E-state index in [4.69, 9.17) is 9.72 Å². The summed E-state index contributed by atoms with van der Waals surface area (Å²) in [7, 11) is -3.52. The van der Waals surface area contributed by atoms with Gasteiger partial charge in [-0.2, -0.15) is 0 Å². The Bertz CT molecular complexity index is 1680. The van der Waals surface area contributed by atoms with Crippen LogP contribution in [0.4, 0.5) is 11.6 Å². The summed E-state index contributed by atoms with van der Waals surface area (Å²) in [6, 6.07) is 13.8. The Hall–Kier alpha value is -3.76. The first kappa shape index (κ1) is 28.4. The lowest BCUT2D eigenvalue weighted by Crippen LogP contribution is -2.38. The first-order valence-electron chi connectivity index (χ1n) is 14.9. The number of aromatic nitrogens is 3. The standard InChI is InChI=1S/C32H38N6O3S/c1-21-12-15-26-25(29(21)38-42(39,40)24-9-4-3-5-10-24)14-13-22(2)30(26)41-31-27(11-7-18-34-31)28-16-19-35-32(37-28)36-23-8-6-17-33-20-23/h7,11-16,18-19,23-24,33,38H,3-6,8-10,17,20H2,1-2H3,(H,35,36,37)/t23-/m0/s1. The van der Waals surface area contributed by atoms with Gasteiger partial charge in [0.1, 0.15) is 5.75 Å². The summed E-state index contributed by atoms with van der Waals surface area (Å²) >= 11 is 0. The molecule has 9 nitrogen and oxygen atoms in total. The molecule has 0 radical (unpaired) electrons. The van der Waals surface area contributed by atoms with Gasteiger partial charge in [0, 0.05) is 35.8 Å². The van der Waals surface area contributed by atoms with E-state index in [1.165, 1.54) is 0 Å². The molecule has 6 rings (SSSR count). The second-order valence-corrected chi connectivity index (χ2v) is 13.3. The molecule has 0 bridgehead atoms. The van der Waals surface area contributed by atoms with Gasteiger partial charge < -0.3 is 15.4 Å². The van der Waals surface area contributed by atoms with E-state index in [0.717, 1.165) is 72.7 Å². The van der Waals surface area contributed by atoms with Crippen molar-refractivity contribution < 1.29 is 13.2 Å². The number of fused-ring (bicyclic) bond motifs is 1. The van der Waals surface area contributed by atoms with Crippen molar-refractivity contribution in [2.75, 3.05) is 23.1 Å². The summed E-state index contributed by atoms with van der Waals surface area (Å²) in [5.74, 6) is 1.62. The average Bonchev–Trinajstić information content (AvgIpc) is 3.01. The number of anilines is 2. The van der Waals surface area contributed by atoms with Gasteiger partial charge in [-0.25, -0.2) is 23.4 Å². The lowest BCUT2D eigenvalue weighted by atomic mass is 10.0. The molecule has 1 atom stereocenters. The lowest BCUT2D eigenvalue weighted by Gasteiger charge is -2.24. The molecule has 1 saturated heterocycles. The number of hydrogen-bond donors (Lipinski definition) is 3. The number of rotatable bonds is 8. The molecule has 2 aromatic carbocycles. The quantitative estimate of drug-likeness (QED) is 0.219. The van der Waals surface area contributed by atoms with Crippen LogP contribution < -0.4 is 20.1 Å². The van der Waals surface area contributed by atoms with Crippen molar-refractivity contribution in [3.8, 4) is 22.9 Å². The molecular weight excluding hydrogens is 548 g/mol. The van der Waals surface area contributed by atoms with Crippen molar-refractivity contribution in [1.82, 2.24) is 20.3 Å². The molecule has 0 amide bonds. The molecule has 220 valence electrons. The van der Waals surface area contributed by atoms with Crippen LogP contribution in [0.2, 0.25) is 0 Å². The molecule has 3 N–H and O–H groups in total. The number of piperidine rings is 1. The number of nitrogens with one attached hydrogen (secondary N) is 3. The predicted octanol–water partition coefficient (Wildman–Crippen LogP) is 6.34. The van der Waals surface area contributed by atoms with Crippen LogP contribution in [0, 0.1) is 13.8 Å². The van der Waals surface area contributed by atoms with Crippen LogP contribution in [0.25, 0.3) is 22.0 Å². The number of ether oxygens (including phenoxy) is 1. The topological polar surface area (TPSA) is 118 Å². The molecule has 2 fully saturated rings. The largest absolute Gasteiger partial charge is 0.437 e. The molecule has 2 aliphatic rings. The first-order valence-corrected chi connectivity index (χ1v) is 16.4. The fourth-order valence-electron chi connectivity index (χ4n) is 5.97. The third-order valence-electron chi connectivity index (χ3n) is 8.32. The van der Waals surface area contributed by atoms with Crippen molar-refractivity contribution in [2.45, 2.75) is 70.1 Å². The maximum absolute atomic E-state index is 13.4. The minimum atomic E-state index is -3.52. The van der Waals surface area contributed by atoms with Crippen molar-refractivity contribution in [3.63, 3.8) is 0 Å². The zero-order valence-electron chi connectivity index (χ0n) is 24.2. The fraction of sp³-hybridized carbons (Fsp3) is 0.406. The number of aryl methyl sites for hydroxylation is 2. The van der Waals surface area contributed by atoms with Gasteiger partial charge in [0.25, 0.3) is 0 Å². The van der Waals surface area contributed by atoms with Crippen LogP contribution in [0.3, 0.4) is 0 Å². The highest BCUT2D eigenvalue weighted by Gasteiger charge is 2.28. The molecule has 1 aliphatic carbocycles. The monoisotopic (exact) mass is 586 g/mol. The van der Waals surface area contributed by atoms with Crippen molar-refractivity contribution in [3.05, 3.63) is 66.0 Å². The van der Waals surface area contributed by atoms with Gasteiger partial charge in [-0.1, -0.05) is 43.5 Å². The molecule has 0 unspecified atom stereocenters. The highest BCUT2D eigenvalue weighted by molar-refractivity contribution is 7.93. The second-order valence-electron chi connectivity index (χ2n) is 11.4. The van der Waals surface area contributed by atoms with E-state index in [2.05, 4.69) is 25.3 Å². The highest BCUT2D eigenvalue weighted by atomic mass is 32.2. The summed E-state index contributed by atoms with van der Waals surface area (Å²) in [5.41, 5.74) is 3.83. The Morgan fingerprint density at radius 1 is 0.881 bits per heavy atom. The first-order chi connectivity index (χ1) is 20.4. The molecule has 2 aromatic heterocycles. The van der Waals surface area contributed by atoms with Crippen LogP contribution in [0.5, 0.6) is 11.6 Å². The van der Waals surface area contributed by atoms with Crippen molar-refractivity contribution in [1.29, 1.82) is 0 Å².